The monoisotopic (exact) mass is 278 g/mol. The third kappa shape index (κ3) is 3.82. The van der Waals surface area contributed by atoms with Gasteiger partial charge in [-0.05, 0) is 32.6 Å². The molecule has 1 heterocycles. The van der Waals surface area contributed by atoms with Crippen molar-refractivity contribution in [3.63, 3.8) is 0 Å². The van der Waals surface area contributed by atoms with Gasteiger partial charge in [0.2, 0.25) is 0 Å². The van der Waals surface area contributed by atoms with Gasteiger partial charge < -0.3 is 15.0 Å². The van der Waals surface area contributed by atoms with Gasteiger partial charge in [-0.1, -0.05) is 6.42 Å². The van der Waals surface area contributed by atoms with Crippen molar-refractivity contribution in [1.29, 1.82) is 0 Å². The number of nitrogens with zero attached hydrogens (tertiary/aromatic N) is 3. The highest BCUT2D eigenvalue weighted by molar-refractivity contribution is 5.49. The lowest BCUT2D eigenvalue weighted by Gasteiger charge is -2.32. The molecule has 0 radical (unpaired) electrons. The molecular formula is C15H26N4O. The van der Waals surface area contributed by atoms with E-state index in [9.17, 15) is 0 Å². The average Bonchev–Trinajstić information content (AvgIpc) is 2.38. The smallest absolute Gasteiger partial charge is 0.158 e. The second-order valence-electron chi connectivity index (χ2n) is 5.33. The highest BCUT2D eigenvalue weighted by Gasteiger charge is 2.21. The van der Waals surface area contributed by atoms with Gasteiger partial charge in [0.05, 0.1) is 0 Å². The number of anilines is 2. The van der Waals surface area contributed by atoms with Crippen molar-refractivity contribution in [2.24, 2.45) is 5.92 Å². The van der Waals surface area contributed by atoms with Gasteiger partial charge in [-0.25, -0.2) is 9.97 Å². The van der Waals surface area contributed by atoms with Crippen molar-refractivity contribution in [1.82, 2.24) is 9.97 Å². The van der Waals surface area contributed by atoms with Crippen LogP contribution in [0, 0.1) is 5.92 Å². The van der Waals surface area contributed by atoms with Gasteiger partial charge in [0.25, 0.3) is 0 Å². The lowest BCUT2D eigenvalue weighted by atomic mass is 9.85. The summed E-state index contributed by atoms with van der Waals surface area (Å²) in [5.74, 6) is 3.47. The summed E-state index contributed by atoms with van der Waals surface area (Å²) >= 11 is 0. The van der Waals surface area contributed by atoms with Crippen molar-refractivity contribution in [3.05, 3.63) is 11.9 Å². The highest BCUT2D eigenvalue weighted by atomic mass is 16.5. The Morgan fingerprint density at radius 1 is 1.35 bits per heavy atom. The molecule has 0 aromatic carbocycles. The number of hydrogen-bond acceptors (Lipinski definition) is 5. The zero-order valence-corrected chi connectivity index (χ0v) is 12.9. The summed E-state index contributed by atoms with van der Waals surface area (Å²) in [7, 11) is 1.68. The minimum Gasteiger partial charge on any atom is -0.377 e. The Hall–Kier alpha value is -1.36. The van der Waals surface area contributed by atoms with E-state index < -0.39 is 0 Å². The molecule has 0 bridgehead atoms. The Bertz CT molecular complexity index is 396. The van der Waals surface area contributed by atoms with Gasteiger partial charge in [-0.15, -0.1) is 0 Å². The van der Waals surface area contributed by atoms with Gasteiger partial charge in [-0.3, -0.25) is 0 Å². The van der Waals surface area contributed by atoms with Crippen molar-refractivity contribution < 1.29 is 4.74 Å². The molecule has 0 saturated heterocycles. The molecule has 1 aliphatic rings. The standard InChI is InChI=1S/C15H26N4O/c1-4-16-13-9-15(18-14(17-13)11-20-3)19(5-2)10-12-7-6-8-12/h9,12H,4-8,10-11H2,1-3H3,(H,16,17,18). The molecule has 2 rings (SSSR count). The largest absolute Gasteiger partial charge is 0.377 e. The molecule has 1 N–H and O–H groups in total. The summed E-state index contributed by atoms with van der Waals surface area (Å²) in [6.07, 6.45) is 4.09. The number of methoxy groups -OCH3 is 1. The Kier molecular flexibility index (Phi) is 5.59. The van der Waals surface area contributed by atoms with Gasteiger partial charge >= 0.3 is 0 Å². The maximum absolute atomic E-state index is 5.17. The summed E-state index contributed by atoms with van der Waals surface area (Å²) in [6, 6.07) is 2.05. The maximum atomic E-state index is 5.17. The van der Waals surface area contributed by atoms with Gasteiger partial charge in [0.1, 0.15) is 18.2 Å². The van der Waals surface area contributed by atoms with E-state index >= 15 is 0 Å². The van der Waals surface area contributed by atoms with Crippen molar-refractivity contribution in [3.8, 4) is 0 Å². The first-order valence-electron chi connectivity index (χ1n) is 7.62. The molecule has 0 aliphatic heterocycles. The Morgan fingerprint density at radius 2 is 2.15 bits per heavy atom. The van der Waals surface area contributed by atoms with Crippen molar-refractivity contribution in [2.45, 2.75) is 39.7 Å². The number of ether oxygens (including phenoxy) is 1. The van der Waals surface area contributed by atoms with Gasteiger partial charge in [0.15, 0.2) is 5.82 Å². The summed E-state index contributed by atoms with van der Waals surface area (Å²) in [5, 5.41) is 3.27. The molecule has 1 aromatic heterocycles. The third-order valence-corrected chi connectivity index (χ3v) is 3.80. The topological polar surface area (TPSA) is 50.3 Å². The summed E-state index contributed by atoms with van der Waals surface area (Å²) in [5.41, 5.74) is 0. The van der Waals surface area contributed by atoms with Crippen LogP contribution in [0.5, 0.6) is 0 Å². The fourth-order valence-electron chi connectivity index (χ4n) is 2.48. The van der Waals surface area contributed by atoms with Crippen molar-refractivity contribution in [2.75, 3.05) is 37.0 Å². The van der Waals surface area contributed by atoms with Crippen LogP contribution in [-0.2, 0) is 11.3 Å². The fraction of sp³-hybridized carbons (Fsp3) is 0.733. The van der Waals surface area contributed by atoms with Crippen LogP contribution in [0.15, 0.2) is 6.07 Å². The Labute approximate surface area is 121 Å². The summed E-state index contributed by atoms with van der Waals surface area (Å²) < 4.78 is 5.17. The van der Waals surface area contributed by atoms with Crippen LogP contribution in [0.3, 0.4) is 0 Å². The molecule has 1 fully saturated rings. The molecule has 1 saturated carbocycles. The SMILES string of the molecule is CCNc1cc(N(CC)CC2CCC2)nc(COC)n1. The van der Waals surface area contributed by atoms with Crippen LogP contribution in [0.2, 0.25) is 0 Å². The quantitative estimate of drug-likeness (QED) is 0.792. The molecule has 112 valence electrons. The van der Waals surface area contributed by atoms with E-state index in [1.807, 2.05) is 6.07 Å². The summed E-state index contributed by atoms with van der Waals surface area (Å²) in [4.78, 5) is 11.5. The average molecular weight is 278 g/mol. The van der Waals surface area contributed by atoms with Crippen LogP contribution in [-0.4, -0.2) is 36.7 Å². The molecule has 1 aromatic rings. The predicted octanol–water partition coefficient (Wildman–Crippen LogP) is 2.68. The lowest BCUT2D eigenvalue weighted by Crippen LogP contribution is -2.33. The van der Waals surface area contributed by atoms with E-state index in [1.54, 1.807) is 7.11 Å². The van der Waals surface area contributed by atoms with Crippen LogP contribution >= 0.6 is 0 Å². The zero-order valence-electron chi connectivity index (χ0n) is 12.9. The zero-order chi connectivity index (χ0) is 14.4. The van der Waals surface area contributed by atoms with Crippen LogP contribution in [0.25, 0.3) is 0 Å². The first-order chi connectivity index (χ1) is 9.76. The number of hydrogen-bond donors (Lipinski definition) is 1. The normalized spacial score (nSPS) is 14.9. The van der Waals surface area contributed by atoms with Gasteiger partial charge in [-0.2, -0.15) is 0 Å². The first kappa shape index (κ1) is 15.0. The predicted molar refractivity (Wildman–Crippen MR) is 82.1 cm³/mol. The summed E-state index contributed by atoms with van der Waals surface area (Å²) in [6.45, 7) is 7.65. The third-order valence-electron chi connectivity index (χ3n) is 3.80. The fourth-order valence-corrected chi connectivity index (χ4v) is 2.48. The first-order valence-corrected chi connectivity index (χ1v) is 7.62. The molecule has 1 aliphatic carbocycles. The molecule has 20 heavy (non-hydrogen) atoms. The van der Waals surface area contributed by atoms with Crippen LogP contribution in [0.1, 0.15) is 38.9 Å². The van der Waals surface area contributed by atoms with Gasteiger partial charge in [0, 0.05) is 32.8 Å². The molecule has 0 unspecified atom stereocenters. The highest BCUT2D eigenvalue weighted by Crippen LogP contribution is 2.28. The van der Waals surface area contributed by atoms with E-state index in [0.29, 0.717) is 6.61 Å². The van der Waals surface area contributed by atoms with E-state index in [1.165, 1.54) is 19.3 Å². The molecule has 5 nitrogen and oxygen atoms in total. The number of aromatic nitrogens is 2. The number of nitrogens with one attached hydrogen (secondary N) is 1. The Morgan fingerprint density at radius 3 is 2.70 bits per heavy atom. The van der Waals surface area contributed by atoms with Crippen LogP contribution in [0.4, 0.5) is 11.6 Å². The van der Waals surface area contributed by atoms with E-state index in [2.05, 4.69) is 34.0 Å². The van der Waals surface area contributed by atoms with Crippen LogP contribution < -0.4 is 10.2 Å². The van der Waals surface area contributed by atoms with E-state index in [0.717, 1.165) is 43.0 Å². The Balaban J connectivity index is 2.16. The number of rotatable bonds is 8. The molecule has 0 atom stereocenters. The maximum Gasteiger partial charge on any atom is 0.158 e. The molecular weight excluding hydrogens is 252 g/mol. The van der Waals surface area contributed by atoms with Crippen molar-refractivity contribution >= 4 is 11.6 Å². The minimum atomic E-state index is 0.452. The molecule has 5 heteroatoms. The van der Waals surface area contributed by atoms with E-state index in [4.69, 9.17) is 4.74 Å². The second-order valence-corrected chi connectivity index (χ2v) is 5.33. The van der Waals surface area contributed by atoms with E-state index in [-0.39, 0.29) is 0 Å². The minimum absolute atomic E-state index is 0.452. The molecule has 0 spiro atoms. The molecule has 0 amide bonds. The lowest BCUT2D eigenvalue weighted by molar-refractivity contribution is 0.178. The second kappa shape index (κ2) is 7.43.